The lowest BCUT2D eigenvalue weighted by Crippen LogP contribution is -2.21. The van der Waals surface area contributed by atoms with Crippen LogP contribution in [0.25, 0.3) is 0 Å². The van der Waals surface area contributed by atoms with Gasteiger partial charge in [0.2, 0.25) is 0 Å². The topological polar surface area (TPSA) is 108 Å². The molecule has 8 nitrogen and oxygen atoms in total. The molecule has 0 spiro atoms. The Morgan fingerprint density at radius 1 is 1.32 bits per heavy atom. The Labute approximate surface area is 147 Å². The highest BCUT2D eigenvalue weighted by atomic mass is 32.1. The first-order valence-electron chi connectivity index (χ1n) is 7.28. The van der Waals surface area contributed by atoms with Gasteiger partial charge >= 0.3 is 5.97 Å². The molecule has 1 heterocycles. The van der Waals surface area contributed by atoms with E-state index in [1.807, 2.05) is 16.8 Å². The summed E-state index contributed by atoms with van der Waals surface area (Å²) in [6.45, 7) is -0.508. The van der Waals surface area contributed by atoms with Gasteiger partial charge in [-0.1, -0.05) is 0 Å². The highest BCUT2D eigenvalue weighted by Crippen LogP contribution is 2.28. The normalized spacial score (nSPS) is 10.1. The maximum absolute atomic E-state index is 11.8. The van der Waals surface area contributed by atoms with Crippen LogP contribution in [0.2, 0.25) is 0 Å². The summed E-state index contributed by atoms with van der Waals surface area (Å²) in [5.74, 6) is -0.868. The lowest BCUT2D eigenvalue weighted by Gasteiger charge is -2.08. The molecule has 0 bridgehead atoms. The summed E-state index contributed by atoms with van der Waals surface area (Å²) in [5.41, 5.74) is 0.724. The molecule has 0 fully saturated rings. The molecule has 1 amide bonds. The van der Waals surface area contributed by atoms with E-state index in [1.165, 1.54) is 36.6 Å². The highest BCUT2D eigenvalue weighted by Gasteiger charge is 2.18. The van der Waals surface area contributed by atoms with Crippen LogP contribution >= 0.6 is 11.3 Å². The maximum Gasteiger partial charge on any atom is 0.306 e. The molecule has 0 aliphatic carbocycles. The van der Waals surface area contributed by atoms with Crippen LogP contribution in [-0.4, -0.2) is 30.5 Å². The SMILES string of the molecule is COc1ccc(NC(=O)COC(=O)CCc2ccsc2)c([N+](=O)[O-])c1. The second-order valence-corrected chi connectivity index (χ2v) is 5.76. The number of hydrogen-bond acceptors (Lipinski definition) is 7. The van der Waals surface area contributed by atoms with Gasteiger partial charge in [0.05, 0.1) is 18.1 Å². The summed E-state index contributed by atoms with van der Waals surface area (Å²) in [6.07, 6.45) is 0.695. The van der Waals surface area contributed by atoms with Crippen molar-refractivity contribution in [2.75, 3.05) is 19.0 Å². The van der Waals surface area contributed by atoms with E-state index >= 15 is 0 Å². The number of carbonyl (C=O) groups is 2. The number of nitro benzene ring substituents is 1. The van der Waals surface area contributed by atoms with Crippen LogP contribution in [-0.2, 0) is 20.7 Å². The van der Waals surface area contributed by atoms with Gasteiger partial charge in [-0.3, -0.25) is 19.7 Å². The minimum Gasteiger partial charge on any atom is -0.496 e. The molecule has 2 rings (SSSR count). The fraction of sp³-hybridized carbons (Fsp3) is 0.250. The number of nitro groups is 1. The third kappa shape index (κ3) is 5.57. The fourth-order valence-corrected chi connectivity index (χ4v) is 2.68. The van der Waals surface area contributed by atoms with Gasteiger partial charge in [-0.2, -0.15) is 11.3 Å². The Kier molecular flexibility index (Phi) is 6.47. The van der Waals surface area contributed by atoms with Gasteiger partial charge < -0.3 is 14.8 Å². The number of carbonyl (C=O) groups excluding carboxylic acids is 2. The molecule has 1 aromatic carbocycles. The van der Waals surface area contributed by atoms with E-state index < -0.39 is 23.4 Å². The molecule has 9 heteroatoms. The van der Waals surface area contributed by atoms with Gasteiger partial charge in [-0.05, 0) is 40.9 Å². The van der Waals surface area contributed by atoms with E-state index in [0.717, 1.165) is 5.56 Å². The molecule has 2 aromatic rings. The van der Waals surface area contributed by atoms with Crippen molar-refractivity contribution in [3.63, 3.8) is 0 Å². The highest BCUT2D eigenvalue weighted by molar-refractivity contribution is 7.07. The number of aryl methyl sites for hydroxylation is 1. The molecule has 0 saturated carbocycles. The minimum atomic E-state index is -0.655. The lowest BCUT2D eigenvalue weighted by atomic mass is 10.2. The first-order valence-corrected chi connectivity index (χ1v) is 8.23. The third-order valence-corrected chi connectivity index (χ3v) is 3.97. The Morgan fingerprint density at radius 2 is 2.12 bits per heavy atom. The Bertz CT molecular complexity index is 760. The Morgan fingerprint density at radius 3 is 2.76 bits per heavy atom. The second kappa shape index (κ2) is 8.78. The third-order valence-electron chi connectivity index (χ3n) is 3.24. The van der Waals surface area contributed by atoms with E-state index in [0.29, 0.717) is 12.2 Å². The van der Waals surface area contributed by atoms with E-state index in [1.54, 1.807) is 0 Å². The van der Waals surface area contributed by atoms with Gasteiger partial charge in [0.1, 0.15) is 11.4 Å². The number of anilines is 1. The van der Waals surface area contributed by atoms with E-state index in [4.69, 9.17) is 9.47 Å². The number of benzene rings is 1. The summed E-state index contributed by atoms with van der Waals surface area (Å²) in [7, 11) is 1.38. The van der Waals surface area contributed by atoms with Crippen LogP contribution in [0.5, 0.6) is 5.75 Å². The number of hydrogen-bond donors (Lipinski definition) is 1. The molecule has 0 aliphatic rings. The van der Waals surface area contributed by atoms with Crippen molar-refractivity contribution < 1.29 is 24.0 Å². The molecule has 132 valence electrons. The van der Waals surface area contributed by atoms with Crippen LogP contribution in [0, 0.1) is 10.1 Å². The summed E-state index contributed by atoms with van der Waals surface area (Å²) < 4.78 is 9.79. The average molecular weight is 364 g/mol. The quantitative estimate of drug-likeness (QED) is 0.438. The number of nitrogens with one attached hydrogen (secondary N) is 1. The van der Waals surface area contributed by atoms with Crippen molar-refractivity contribution in [3.05, 3.63) is 50.7 Å². The zero-order valence-corrected chi connectivity index (χ0v) is 14.2. The number of rotatable bonds is 8. The van der Waals surface area contributed by atoms with Crippen LogP contribution in [0.3, 0.4) is 0 Å². The number of esters is 1. The number of nitrogens with zero attached hydrogens (tertiary/aromatic N) is 1. The van der Waals surface area contributed by atoms with E-state index in [-0.39, 0.29) is 17.8 Å². The van der Waals surface area contributed by atoms with Crippen molar-refractivity contribution in [1.82, 2.24) is 0 Å². The van der Waals surface area contributed by atoms with Gasteiger partial charge in [-0.15, -0.1) is 0 Å². The molecule has 1 aromatic heterocycles. The Balaban J connectivity index is 1.85. The van der Waals surface area contributed by atoms with Gasteiger partial charge in [0.15, 0.2) is 6.61 Å². The van der Waals surface area contributed by atoms with Crippen molar-refractivity contribution >= 4 is 34.6 Å². The van der Waals surface area contributed by atoms with Crippen molar-refractivity contribution in [2.24, 2.45) is 0 Å². The number of amides is 1. The van der Waals surface area contributed by atoms with Crippen LogP contribution in [0.4, 0.5) is 11.4 Å². The summed E-state index contributed by atoms with van der Waals surface area (Å²) in [6, 6.07) is 5.94. The minimum absolute atomic E-state index is 0.00474. The maximum atomic E-state index is 11.8. The predicted octanol–water partition coefficient (Wildman–Crippen LogP) is 2.78. The Hall–Kier alpha value is -2.94. The van der Waals surface area contributed by atoms with E-state index in [2.05, 4.69) is 5.32 Å². The van der Waals surface area contributed by atoms with Crippen LogP contribution in [0.1, 0.15) is 12.0 Å². The standard InChI is InChI=1S/C16H16N2O6S/c1-23-12-3-4-13(14(8-12)18(21)22)17-15(19)9-24-16(20)5-2-11-6-7-25-10-11/h3-4,6-8,10H,2,5,9H2,1H3,(H,17,19). The molecule has 25 heavy (non-hydrogen) atoms. The second-order valence-electron chi connectivity index (χ2n) is 4.98. The molecular weight excluding hydrogens is 348 g/mol. The fourth-order valence-electron chi connectivity index (χ4n) is 1.98. The molecular formula is C16H16N2O6S. The molecule has 1 N–H and O–H groups in total. The van der Waals surface area contributed by atoms with Gasteiger partial charge in [0, 0.05) is 6.42 Å². The zero-order chi connectivity index (χ0) is 18.2. The summed E-state index contributed by atoms with van der Waals surface area (Å²) in [5, 5.41) is 17.3. The number of ether oxygens (including phenoxy) is 2. The van der Waals surface area contributed by atoms with Crippen molar-refractivity contribution in [2.45, 2.75) is 12.8 Å². The van der Waals surface area contributed by atoms with Crippen molar-refractivity contribution in [1.29, 1.82) is 0 Å². The molecule has 0 atom stereocenters. The summed E-state index contributed by atoms with van der Waals surface area (Å²) >= 11 is 1.54. The average Bonchev–Trinajstić information content (AvgIpc) is 3.11. The first kappa shape index (κ1) is 18.4. The van der Waals surface area contributed by atoms with Crippen LogP contribution < -0.4 is 10.1 Å². The largest absolute Gasteiger partial charge is 0.496 e. The van der Waals surface area contributed by atoms with Gasteiger partial charge in [-0.25, -0.2) is 0 Å². The first-order chi connectivity index (χ1) is 12.0. The van der Waals surface area contributed by atoms with Crippen LogP contribution in [0.15, 0.2) is 35.0 Å². The smallest absolute Gasteiger partial charge is 0.306 e. The number of thiophene rings is 1. The van der Waals surface area contributed by atoms with Gasteiger partial charge in [0.25, 0.3) is 11.6 Å². The lowest BCUT2D eigenvalue weighted by molar-refractivity contribution is -0.384. The molecule has 0 unspecified atom stereocenters. The number of methoxy groups -OCH3 is 1. The van der Waals surface area contributed by atoms with E-state index in [9.17, 15) is 19.7 Å². The zero-order valence-electron chi connectivity index (χ0n) is 13.4. The summed E-state index contributed by atoms with van der Waals surface area (Å²) in [4.78, 5) is 33.9. The molecule has 0 saturated heterocycles. The molecule has 0 radical (unpaired) electrons. The van der Waals surface area contributed by atoms with Crippen molar-refractivity contribution in [3.8, 4) is 5.75 Å². The molecule has 0 aliphatic heterocycles. The predicted molar refractivity (Wildman–Crippen MR) is 91.9 cm³/mol. The monoisotopic (exact) mass is 364 g/mol.